The Morgan fingerprint density at radius 1 is 1.35 bits per heavy atom. The number of ether oxygens (including phenoxy) is 1. The molecule has 0 radical (unpaired) electrons. The largest absolute Gasteiger partial charge is 0.465 e. The van der Waals surface area contributed by atoms with Gasteiger partial charge in [-0.1, -0.05) is 0 Å². The highest BCUT2D eigenvalue weighted by Crippen LogP contribution is 2.58. The van der Waals surface area contributed by atoms with E-state index in [9.17, 15) is 14.0 Å². The molecule has 23 heavy (non-hydrogen) atoms. The van der Waals surface area contributed by atoms with E-state index in [2.05, 4.69) is 15.4 Å². The minimum Gasteiger partial charge on any atom is -0.465 e. The SMILES string of the molecule is COC(=O)c1ccc(F)c(NC(=O)C2CC23CCNCC3)c1.Cl. The van der Waals surface area contributed by atoms with Crippen LogP contribution in [0.3, 0.4) is 0 Å². The Labute approximate surface area is 140 Å². The number of amides is 1. The van der Waals surface area contributed by atoms with E-state index in [4.69, 9.17) is 0 Å². The molecule has 7 heteroatoms. The summed E-state index contributed by atoms with van der Waals surface area (Å²) in [5, 5.41) is 5.90. The quantitative estimate of drug-likeness (QED) is 0.828. The number of halogens is 2. The number of carbonyl (C=O) groups excluding carboxylic acids is 2. The zero-order chi connectivity index (χ0) is 15.7. The molecule has 1 saturated carbocycles. The zero-order valence-corrected chi connectivity index (χ0v) is 13.7. The number of benzene rings is 1. The molecule has 1 unspecified atom stereocenters. The highest BCUT2D eigenvalue weighted by atomic mass is 35.5. The summed E-state index contributed by atoms with van der Waals surface area (Å²) >= 11 is 0. The van der Waals surface area contributed by atoms with E-state index >= 15 is 0 Å². The van der Waals surface area contributed by atoms with E-state index in [0.717, 1.165) is 38.4 Å². The van der Waals surface area contributed by atoms with Crippen molar-refractivity contribution in [2.45, 2.75) is 19.3 Å². The second-order valence-electron chi connectivity index (χ2n) is 6.04. The topological polar surface area (TPSA) is 67.4 Å². The Morgan fingerprint density at radius 3 is 2.70 bits per heavy atom. The van der Waals surface area contributed by atoms with Crippen molar-refractivity contribution >= 4 is 30.0 Å². The number of hydrogen-bond donors (Lipinski definition) is 2. The second kappa shape index (κ2) is 6.84. The summed E-state index contributed by atoms with van der Waals surface area (Å²) in [6, 6.07) is 3.81. The molecule has 0 aromatic heterocycles. The molecule has 126 valence electrons. The summed E-state index contributed by atoms with van der Waals surface area (Å²) in [6.45, 7) is 1.85. The molecular formula is C16H20ClFN2O3. The van der Waals surface area contributed by atoms with Gasteiger partial charge in [-0.2, -0.15) is 0 Å². The summed E-state index contributed by atoms with van der Waals surface area (Å²) in [4.78, 5) is 23.8. The van der Waals surface area contributed by atoms with Gasteiger partial charge in [0.15, 0.2) is 0 Å². The van der Waals surface area contributed by atoms with Crippen LogP contribution in [0.25, 0.3) is 0 Å². The molecule has 1 aliphatic heterocycles. The molecule has 1 heterocycles. The highest BCUT2D eigenvalue weighted by Gasteiger charge is 2.57. The van der Waals surface area contributed by atoms with Gasteiger partial charge < -0.3 is 15.4 Å². The van der Waals surface area contributed by atoms with E-state index < -0.39 is 11.8 Å². The van der Waals surface area contributed by atoms with Crippen LogP contribution in [0.4, 0.5) is 10.1 Å². The van der Waals surface area contributed by atoms with Crippen molar-refractivity contribution in [2.24, 2.45) is 11.3 Å². The predicted molar refractivity (Wildman–Crippen MR) is 86.3 cm³/mol. The molecule has 1 amide bonds. The first-order chi connectivity index (χ1) is 10.6. The smallest absolute Gasteiger partial charge is 0.337 e. The van der Waals surface area contributed by atoms with Gasteiger partial charge in [0, 0.05) is 5.92 Å². The van der Waals surface area contributed by atoms with Crippen LogP contribution >= 0.6 is 12.4 Å². The fourth-order valence-corrected chi connectivity index (χ4v) is 3.28. The number of methoxy groups -OCH3 is 1. The lowest BCUT2D eigenvalue weighted by Gasteiger charge is -2.23. The van der Waals surface area contributed by atoms with Gasteiger partial charge in [-0.3, -0.25) is 4.79 Å². The first-order valence-electron chi connectivity index (χ1n) is 7.45. The van der Waals surface area contributed by atoms with Gasteiger partial charge in [0.1, 0.15) is 5.82 Å². The monoisotopic (exact) mass is 342 g/mol. The molecule has 1 atom stereocenters. The lowest BCUT2D eigenvalue weighted by molar-refractivity contribution is -0.118. The summed E-state index contributed by atoms with van der Waals surface area (Å²) < 4.78 is 18.4. The molecular weight excluding hydrogens is 323 g/mol. The van der Waals surface area contributed by atoms with Crippen molar-refractivity contribution in [3.63, 3.8) is 0 Å². The molecule has 2 fully saturated rings. The van der Waals surface area contributed by atoms with Crippen LogP contribution in [0.5, 0.6) is 0 Å². The maximum absolute atomic E-state index is 13.8. The Morgan fingerprint density at radius 2 is 2.04 bits per heavy atom. The molecule has 0 bridgehead atoms. The number of hydrogen-bond acceptors (Lipinski definition) is 4. The number of esters is 1. The Bertz CT molecular complexity index is 617. The van der Waals surface area contributed by atoms with Crippen molar-refractivity contribution in [3.05, 3.63) is 29.6 Å². The number of rotatable bonds is 3. The predicted octanol–water partition coefficient (Wildman–Crippen LogP) is 2.36. The van der Waals surface area contributed by atoms with Crippen molar-refractivity contribution in [2.75, 3.05) is 25.5 Å². The van der Waals surface area contributed by atoms with Crippen molar-refractivity contribution in [1.29, 1.82) is 0 Å². The summed E-state index contributed by atoms with van der Waals surface area (Å²) in [5.41, 5.74) is 0.335. The fraction of sp³-hybridized carbons (Fsp3) is 0.500. The van der Waals surface area contributed by atoms with E-state index in [1.54, 1.807) is 0 Å². The first-order valence-corrected chi connectivity index (χ1v) is 7.45. The molecule has 1 spiro atoms. The standard InChI is InChI=1S/C16H19FN2O3.ClH/c1-22-15(21)10-2-3-12(17)13(8-10)19-14(20)11-9-16(11)4-6-18-7-5-16;/h2-3,8,11,18H,4-7,9H2,1H3,(H,19,20);1H. The normalized spacial score (nSPS) is 21.2. The summed E-state index contributed by atoms with van der Waals surface area (Å²) in [7, 11) is 1.26. The van der Waals surface area contributed by atoms with Crippen LogP contribution in [0.2, 0.25) is 0 Å². The van der Waals surface area contributed by atoms with Crippen LogP contribution in [-0.2, 0) is 9.53 Å². The molecule has 5 nitrogen and oxygen atoms in total. The Hall–Kier alpha value is -1.66. The third-order valence-corrected chi connectivity index (χ3v) is 4.75. The Kier molecular flexibility index (Phi) is 5.26. The number of piperidine rings is 1. The Balaban J connectivity index is 0.00000192. The van der Waals surface area contributed by atoms with Crippen LogP contribution in [-0.4, -0.2) is 32.1 Å². The van der Waals surface area contributed by atoms with Gasteiger partial charge in [-0.05, 0) is 56.0 Å². The van der Waals surface area contributed by atoms with Crippen molar-refractivity contribution in [1.82, 2.24) is 5.32 Å². The summed E-state index contributed by atoms with van der Waals surface area (Å²) in [6.07, 6.45) is 2.82. The summed E-state index contributed by atoms with van der Waals surface area (Å²) in [5.74, 6) is -1.34. The molecule has 1 aromatic carbocycles. The maximum Gasteiger partial charge on any atom is 0.337 e. The minimum atomic E-state index is -0.559. The van der Waals surface area contributed by atoms with E-state index in [1.165, 1.54) is 19.2 Å². The van der Waals surface area contributed by atoms with Crippen LogP contribution in [0.1, 0.15) is 29.6 Å². The third-order valence-electron chi connectivity index (χ3n) is 4.75. The van der Waals surface area contributed by atoms with Crippen LogP contribution < -0.4 is 10.6 Å². The molecule has 2 aliphatic rings. The van der Waals surface area contributed by atoms with Crippen molar-refractivity contribution < 1.29 is 18.7 Å². The van der Waals surface area contributed by atoms with Gasteiger partial charge in [0.25, 0.3) is 0 Å². The fourth-order valence-electron chi connectivity index (χ4n) is 3.28. The molecule has 1 aliphatic carbocycles. The second-order valence-corrected chi connectivity index (χ2v) is 6.04. The van der Waals surface area contributed by atoms with Gasteiger partial charge in [-0.15, -0.1) is 12.4 Å². The molecule has 1 aromatic rings. The van der Waals surface area contributed by atoms with Gasteiger partial charge in [0.05, 0.1) is 18.4 Å². The van der Waals surface area contributed by atoms with E-state index in [1.807, 2.05) is 0 Å². The maximum atomic E-state index is 13.8. The van der Waals surface area contributed by atoms with Crippen LogP contribution in [0, 0.1) is 17.2 Å². The van der Waals surface area contributed by atoms with Gasteiger partial charge in [-0.25, -0.2) is 9.18 Å². The number of nitrogens with one attached hydrogen (secondary N) is 2. The van der Waals surface area contributed by atoms with Crippen LogP contribution in [0.15, 0.2) is 18.2 Å². The minimum absolute atomic E-state index is 0. The van der Waals surface area contributed by atoms with Gasteiger partial charge in [0.2, 0.25) is 5.91 Å². The highest BCUT2D eigenvalue weighted by molar-refractivity contribution is 5.97. The zero-order valence-electron chi connectivity index (χ0n) is 12.9. The first kappa shape index (κ1) is 17.7. The lowest BCUT2D eigenvalue weighted by atomic mass is 9.92. The van der Waals surface area contributed by atoms with E-state index in [0.29, 0.717) is 0 Å². The number of carbonyl (C=O) groups is 2. The van der Waals surface area contributed by atoms with Gasteiger partial charge >= 0.3 is 5.97 Å². The van der Waals surface area contributed by atoms with Crippen molar-refractivity contribution in [3.8, 4) is 0 Å². The average molecular weight is 343 g/mol. The third kappa shape index (κ3) is 3.48. The molecule has 2 N–H and O–H groups in total. The van der Waals surface area contributed by atoms with E-state index in [-0.39, 0.29) is 40.9 Å². The number of anilines is 1. The molecule has 3 rings (SSSR count). The molecule has 1 saturated heterocycles. The lowest BCUT2D eigenvalue weighted by Crippen LogP contribution is -2.31. The average Bonchev–Trinajstić information content (AvgIpc) is 3.22.